The summed E-state index contributed by atoms with van der Waals surface area (Å²) in [5.74, 6) is 0.861. The zero-order chi connectivity index (χ0) is 10.6. The molecule has 0 amide bonds. The minimum atomic E-state index is -0.187. The van der Waals surface area contributed by atoms with E-state index in [0.29, 0.717) is 12.5 Å². The van der Waals surface area contributed by atoms with Gasteiger partial charge in [-0.1, -0.05) is 20.3 Å². The SMILES string of the molecule is CCC(C)CN1CCOC(C(=N)N)C1. The Hall–Kier alpha value is -0.610. The highest BCUT2D eigenvalue weighted by Gasteiger charge is 2.23. The van der Waals surface area contributed by atoms with E-state index in [4.69, 9.17) is 15.9 Å². The van der Waals surface area contributed by atoms with Gasteiger partial charge >= 0.3 is 0 Å². The summed E-state index contributed by atoms with van der Waals surface area (Å²) in [4.78, 5) is 2.34. The van der Waals surface area contributed by atoms with Crippen LogP contribution in [0.25, 0.3) is 0 Å². The standard InChI is InChI=1S/C10H21N3O/c1-3-8(2)6-13-4-5-14-9(7-13)10(11)12/h8-9H,3-7H2,1-2H3,(H3,11,12). The summed E-state index contributed by atoms with van der Waals surface area (Å²) in [6.07, 6.45) is 1.01. The quantitative estimate of drug-likeness (QED) is 0.516. The highest BCUT2D eigenvalue weighted by atomic mass is 16.5. The number of ether oxygens (including phenoxy) is 1. The number of morpholine rings is 1. The van der Waals surface area contributed by atoms with Gasteiger partial charge in [-0.15, -0.1) is 0 Å². The third kappa shape index (κ3) is 3.27. The molecule has 0 aliphatic carbocycles. The van der Waals surface area contributed by atoms with Crippen molar-refractivity contribution in [1.82, 2.24) is 4.90 Å². The van der Waals surface area contributed by atoms with Crippen LogP contribution in [0.2, 0.25) is 0 Å². The molecule has 1 rings (SSSR count). The molecule has 1 aliphatic rings. The number of nitrogens with two attached hydrogens (primary N) is 1. The molecular formula is C10H21N3O. The molecule has 1 aliphatic heterocycles. The number of hydrogen-bond acceptors (Lipinski definition) is 3. The van der Waals surface area contributed by atoms with E-state index >= 15 is 0 Å². The summed E-state index contributed by atoms with van der Waals surface area (Å²) in [6, 6.07) is 0. The molecule has 3 N–H and O–H groups in total. The fourth-order valence-electron chi connectivity index (χ4n) is 1.63. The van der Waals surface area contributed by atoms with Gasteiger partial charge in [-0.2, -0.15) is 0 Å². The van der Waals surface area contributed by atoms with E-state index in [1.54, 1.807) is 0 Å². The average Bonchev–Trinajstić information content (AvgIpc) is 2.18. The van der Waals surface area contributed by atoms with Gasteiger partial charge in [0.25, 0.3) is 0 Å². The van der Waals surface area contributed by atoms with Gasteiger partial charge in [-0.3, -0.25) is 10.3 Å². The van der Waals surface area contributed by atoms with Crippen molar-refractivity contribution in [2.24, 2.45) is 11.7 Å². The van der Waals surface area contributed by atoms with Crippen molar-refractivity contribution < 1.29 is 4.74 Å². The van der Waals surface area contributed by atoms with Crippen molar-refractivity contribution in [2.45, 2.75) is 26.4 Å². The number of nitrogens with zero attached hydrogens (tertiary/aromatic N) is 1. The fraction of sp³-hybridized carbons (Fsp3) is 0.900. The molecule has 2 unspecified atom stereocenters. The molecule has 14 heavy (non-hydrogen) atoms. The molecule has 0 saturated carbocycles. The topological polar surface area (TPSA) is 62.3 Å². The molecule has 4 heteroatoms. The summed E-state index contributed by atoms with van der Waals surface area (Å²) >= 11 is 0. The Kier molecular flexibility index (Phi) is 4.35. The maximum atomic E-state index is 7.33. The molecule has 0 bridgehead atoms. The van der Waals surface area contributed by atoms with Gasteiger partial charge in [0.05, 0.1) is 6.61 Å². The molecule has 0 radical (unpaired) electrons. The molecule has 1 fully saturated rings. The van der Waals surface area contributed by atoms with Crippen LogP contribution in [-0.4, -0.2) is 43.1 Å². The Labute approximate surface area is 85.9 Å². The highest BCUT2D eigenvalue weighted by Crippen LogP contribution is 2.09. The molecule has 82 valence electrons. The summed E-state index contributed by atoms with van der Waals surface area (Å²) in [5.41, 5.74) is 5.42. The van der Waals surface area contributed by atoms with Crippen LogP contribution >= 0.6 is 0 Å². The molecule has 0 spiro atoms. The Balaban J connectivity index is 2.36. The second-order valence-electron chi connectivity index (χ2n) is 4.09. The van der Waals surface area contributed by atoms with Crippen molar-refractivity contribution in [3.05, 3.63) is 0 Å². The Morgan fingerprint density at radius 1 is 1.71 bits per heavy atom. The van der Waals surface area contributed by atoms with Gasteiger partial charge < -0.3 is 10.5 Å². The minimum absolute atomic E-state index is 0.152. The lowest BCUT2D eigenvalue weighted by Crippen LogP contribution is -2.49. The van der Waals surface area contributed by atoms with E-state index in [2.05, 4.69) is 18.7 Å². The van der Waals surface area contributed by atoms with Crippen LogP contribution in [-0.2, 0) is 4.74 Å². The molecule has 4 nitrogen and oxygen atoms in total. The Morgan fingerprint density at radius 3 is 3.00 bits per heavy atom. The van der Waals surface area contributed by atoms with Gasteiger partial charge in [0.1, 0.15) is 11.9 Å². The zero-order valence-corrected chi connectivity index (χ0v) is 9.12. The second kappa shape index (κ2) is 5.32. The Bertz CT molecular complexity index is 196. The molecule has 1 heterocycles. The number of rotatable bonds is 4. The van der Waals surface area contributed by atoms with Crippen LogP contribution in [0, 0.1) is 11.3 Å². The summed E-state index contributed by atoms with van der Waals surface area (Å²) in [5, 5.41) is 7.33. The van der Waals surface area contributed by atoms with Crippen molar-refractivity contribution in [3.8, 4) is 0 Å². The predicted octanol–water partition coefficient (Wildman–Crippen LogP) is 0.669. The fourth-order valence-corrected chi connectivity index (χ4v) is 1.63. The third-order valence-electron chi connectivity index (χ3n) is 2.76. The van der Waals surface area contributed by atoms with Gasteiger partial charge in [0.15, 0.2) is 0 Å². The molecule has 2 atom stereocenters. The van der Waals surface area contributed by atoms with Crippen molar-refractivity contribution in [3.63, 3.8) is 0 Å². The third-order valence-corrected chi connectivity index (χ3v) is 2.76. The molecule has 0 aromatic rings. The van der Waals surface area contributed by atoms with Crippen LogP contribution < -0.4 is 5.73 Å². The van der Waals surface area contributed by atoms with Gasteiger partial charge in [-0.05, 0) is 5.92 Å². The van der Waals surface area contributed by atoms with E-state index in [-0.39, 0.29) is 11.9 Å². The maximum absolute atomic E-state index is 7.33. The molecular weight excluding hydrogens is 178 g/mol. The normalized spacial score (nSPS) is 26.0. The van der Waals surface area contributed by atoms with Crippen LogP contribution in [0.4, 0.5) is 0 Å². The molecule has 1 saturated heterocycles. The van der Waals surface area contributed by atoms with Crippen molar-refractivity contribution in [2.75, 3.05) is 26.2 Å². The average molecular weight is 199 g/mol. The summed E-state index contributed by atoms with van der Waals surface area (Å²) in [7, 11) is 0. The number of amidine groups is 1. The van der Waals surface area contributed by atoms with Crippen molar-refractivity contribution >= 4 is 5.84 Å². The molecule has 0 aromatic carbocycles. The van der Waals surface area contributed by atoms with E-state index in [9.17, 15) is 0 Å². The first-order valence-corrected chi connectivity index (χ1v) is 5.31. The van der Waals surface area contributed by atoms with E-state index in [0.717, 1.165) is 19.6 Å². The lowest BCUT2D eigenvalue weighted by Gasteiger charge is -2.33. The first-order valence-electron chi connectivity index (χ1n) is 5.31. The first kappa shape index (κ1) is 11.5. The largest absolute Gasteiger partial charge is 0.385 e. The highest BCUT2D eigenvalue weighted by molar-refractivity contribution is 5.82. The van der Waals surface area contributed by atoms with Crippen LogP contribution in [0.1, 0.15) is 20.3 Å². The number of nitrogens with one attached hydrogen (secondary N) is 1. The minimum Gasteiger partial charge on any atom is -0.385 e. The van der Waals surface area contributed by atoms with E-state index in [1.807, 2.05) is 0 Å². The maximum Gasteiger partial charge on any atom is 0.127 e. The monoisotopic (exact) mass is 199 g/mol. The molecule has 0 aromatic heterocycles. The lowest BCUT2D eigenvalue weighted by molar-refractivity contribution is 0.000619. The van der Waals surface area contributed by atoms with Crippen LogP contribution in [0.5, 0.6) is 0 Å². The first-order chi connectivity index (χ1) is 6.63. The summed E-state index contributed by atoms with van der Waals surface area (Å²) < 4.78 is 5.39. The van der Waals surface area contributed by atoms with E-state index < -0.39 is 0 Å². The van der Waals surface area contributed by atoms with E-state index in [1.165, 1.54) is 6.42 Å². The zero-order valence-electron chi connectivity index (χ0n) is 9.12. The lowest BCUT2D eigenvalue weighted by atomic mass is 10.1. The second-order valence-corrected chi connectivity index (χ2v) is 4.09. The van der Waals surface area contributed by atoms with Gasteiger partial charge in [-0.25, -0.2) is 0 Å². The van der Waals surface area contributed by atoms with Gasteiger partial charge in [0, 0.05) is 19.6 Å². The van der Waals surface area contributed by atoms with Crippen LogP contribution in [0.15, 0.2) is 0 Å². The van der Waals surface area contributed by atoms with Crippen molar-refractivity contribution in [1.29, 1.82) is 5.41 Å². The Morgan fingerprint density at radius 2 is 2.43 bits per heavy atom. The summed E-state index contributed by atoms with van der Waals surface area (Å²) in [6.45, 7) is 7.98. The van der Waals surface area contributed by atoms with Gasteiger partial charge in [0.2, 0.25) is 0 Å². The smallest absolute Gasteiger partial charge is 0.127 e. The van der Waals surface area contributed by atoms with Crippen LogP contribution in [0.3, 0.4) is 0 Å². The predicted molar refractivity (Wildman–Crippen MR) is 57.5 cm³/mol. The number of hydrogen-bond donors (Lipinski definition) is 2.